The van der Waals surface area contributed by atoms with Gasteiger partial charge in [0.15, 0.2) is 0 Å². The zero-order valence-corrected chi connectivity index (χ0v) is 11.7. The van der Waals surface area contributed by atoms with E-state index < -0.39 is 0 Å². The molecule has 0 spiro atoms. The fourth-order valence-corrected chi connectivity index (χ4v) is 2.69. The number of hydrogen-bond donors (Lipinski definition) is 1. The lowest BCUT2D eigenvalue weighted by Gasteiger charge is -2.13. The summed E-state index contributed by atoms with van der Waals surface area (Å²) in [5.74, 6) is -0.122. The molecule has 1 unspecified atom stereocenters. The maximum atomic E-state index is 11.3. The largest absolute Gasteiger partial charge is 0.466 e. The Morgan fingerprint density at radius 3 is 2.95 bits per heavy atom. The summed E-state index contributed by atoms with van der Waals surface area (Å²) in [4.78, 5) is 11.3. The Kier molecular flexibility index (Phi) is 4.97. The molecule has 1 aromatic carbocycles. The van der Waals surface area contributed by atoms with Gasteiger partial charge in [0, 0.05) is 12.5 Å². The highest BCUT2D eigenvalue weighted by molar-refractivity contribution is 5.69. The third-order valence-electron chi connectivity index (χ3n) is 3.75. The van der Waals surface area contributed by atoms with Crippen molar-refractivity contribution in [3.05, 3.63) is 34.9 Å². The summed E-state index contributed by atoms with van der Waals surface area (Å²) in [7, 11) is 0. The molecule has 3 heteroatoms. The van der Waals surface area contributed by atoms with E-state index in [2.05, 4.69) is 18.2 Å². The summed E-state index contributed by atoms with van der Waals surface area (Å²) in [5, 5.41) is 0. The first-order chi connectivity index (χ1) is 9.20. The van der Waals surface area contributed by atoms with Gasteiger partial charge in [0.1, 0.15) is 0 Å². The fraction of sp³-hybridized carbons (Fsp3) is 0.562. The third-order valence-corrected chi connectivity index (χ3v) is 3.75. The molecule has 0 aliphatic heterocycles. The SMILES string of the molecule is CCOC(=O)CCCC(N)c1ccc2c(c1)CCC2. The summed E-state index contributed by atoms with van der Waals surface area (Å²) in [6.45, 7) is 2.28. The molecule has 1 aliphatic rings. The maximum absolute atomic E-state index is 11.3. The van der Waals surface area contributed by atoms with E-state index in [1.54, 1.807) is 0 Å². The van der Waals surface area contributed by atoms with Gasteiger partial charge in [0.05, 0.1) is 6.61 Å². The first kappa shape index (κ1) is 14.1. The minimum Gasteiger partial charge on any atom is -0.466 e. The van der Waals surface area contributed by atoms with Crippen molar-refractivity contribution in [3.8, 4) is 0 Å². The number of fused-ring (bicyclic) bond motifs is 1. The zero-order chi connectivity index (χ0) is 13.7. The van der Waals surface area contributed by atoms with Crippen molar-refractivity contribution in [2.24, 2.45) is 5.73 Å². The molecule has 0 aromatic heterocycles. The first-order valence-electron chi connectivity index (χ1n) is 7.23. The predicted molar refractivity (Wildman–Crippen MR) is 75.9 cm³/mol. The van der Waals surface area contributed by atoms with Crippen molar-refractivity contribution in [3.63, 3.8) is 0 Å². The normalized spacial score (nSPS) is 15.1. The molecule has 0 saturated carbocycles. The number of ether oxygens (including phenoxy) is 1. The van der Waals surface area contributed by atoms with Crippen molar-refractivity contribution in [1.82, 2.24) is 0 Å². The highest BCUT2D eigenvalue weighted by Crippen LogP contribution is 2.26. The van der Waals surface area contributed by atoms with Crippen LogP contribution in [-0.2, 0) is 22.4 Å². The lowest BCUT2D eigenvalue weighted by atomic mass is 9.98. The van der Waals surface area contributed by atoms with Crippen LogP contribution in [0.25, 0.3) is 0 Å². The number of carbonyl (C=O) groups excluding carboxylic acids is 1. The Balaban J connectivity index is 1.83. The number of nitrogens with two attached hydrogens (primary N) is 1. The van der Waals surface area contributed by atoms with Crippen LogP contribution in [0.3, 0.4) is 0 Å². The minimum absolute atomic E-state index is 0.0281. The molecule has 0 radical (unpaired) electrons. The van der Waals surface area contributed by atoms with E-state index in [0.29, 0.717) is 13.0 Å². The number of hydrogen-bond acceptors (Lipinski definition) is 3. The van der Waals surface area contributed by atoms with Gasteiger partial charge < -0.3 is 10.5 Å². The number of benzene rings is 1. The number of aryl methyl sites for hydroxylation is 2. The van der Waals surface area contributed by atoms with E-state index in [4.69, 9.17) is 10.5 Å². The third kappa shape index (κ3) is 3.80. The average molecular weight is 261 g/mol. The second kappa shape index (κ2) is 6.71. The minimum atomic E-state index is -0.122. The maximum Gasteiger partial charge on any atom is 0.305 e. The monoisotopic (exact) mass is 261 g/mol. The second-order valence-electron chi connectivity index (χ2n) is 5.19. The molecule has 104 valence electrons. The van der Waals surface area contributed by atoms with Gasteiger partial charge in [-0.05, 0) is 55.7 Å². The number of carbonyl (C=O) groups is 1. The van der Waals surface area contributed by atoms with E-state index in [1.807, 2.05) is 6.92 Å². The van der Waals surface area contributed by atoms with E-state index >= 15 is 0 Å². The Bertz CT molecular complexity index is 442. The molecule has 0 heterocycles. The molecule has 1 aromatic rings. The highest BCUT2D eigenvalue weighted by Gasteiger charge is 2.14. The Hall–Kier alpha value is -1.35. The van der Waals surface area contributed by atoms with Crippen LogP contribution in [-0.4, -0.2) is 12.6 Å². The molecule has 1 aliphatic carbocycles. The van der Waals surface area contributed by atoms with Gasteiger partial charge in [-0.15, -0.1) is 0 Å². The van der Waals surface area contributed by atoms with Gasteiger partial charge in [0.2, 0.25) is 0 Å². The Morgan fingerprint density at radius 2 is 2.16 bits per heavy atom. The van der Waals surface area contributed by atoms with Crippen molar-refractivity contribution < 1.29 is 9.53 Å². The molecule has 1 atom stereocenters. The van der Waals surface area contributed by atoms with Crippen molar-refractivity contribution in [2.45, 2.75) is 51.5 Å². The quantitative estimate of drug-likeness (QED) is 0.801. The van der Waals surface area contributed by atoms with Crippen LogP contribution in [0.15, 0.2) is 18.2 Å². The van der Waals surface area contributed by atoms with Crippen molar-refractivity contribution in [1.29, 1.82) is 0 Å². The lowest BCUT2D eigenvalue weighted by molar-refractivity contribution is -0.143. The molecule has 19 heavy (non-hydrogen) atoms. The van der Waals surface area contributed by atoms with Gasteiger partial charge in [-0.3, -0.25) is 4.79 Å². The van der Waals surface area contributed by atoms with Crippen LogP contribution in [0.1, 0.15) is 55.3 Å². The molecule has 2 rings (SSSR count). The van der Waals surface area contributed by atoms with Crippen molar-refractivity contribution in [2.75, 3.05) is 6.61 Å². The van der Waals surface area contributed by atoms with Gasteiger partial charge in [0.25, 0.3) is 0 Å². The van der Waals surface area contributed by atoms with Crippen LogP contribution in [0.5, 0.6) is 0 Å². The number of rotatable bonds is 6. The zero-order valence-electron chi connectivity index (χ0n) is 11.7. The van der Waals surface area contributed by atoms with Crippen LogP contribution in [0.4, 0.5) is 0 Å². The van der Waals surface area contributed by atoms with E-state index in [9.17, 15) is 4.79 Å². The van der Waals surface area contributed by atoms with Crippen LogP contribution in [0.2, 0.25) is 0 Å². The smallest absolute Gasteiger partial charge is 0.305 e. The van der Waals surface area contributed by atoms with Crippen LogP contribution < -0.4 is 5.73 Å². The molecular weight excluding hydrogens is 238 g/mol. The molecule has 2 N–H and O–H groups in total. The topological polar surface area (TPSA) is 52.3 Å². The predicted octanol–water partition coefficient (Wildman–Crippen LogP) is 2.91. The summed E-state index contributed by atoms with van der Waals surface area (Å²) in [6, 6.07) is 6.62. The lowest BCUT2D eigenvalue weighted by Crippen LogP contribution is -2.12. The second-order valence-corrected chi connectivity index (χ2v) is 5.19. The molecule has 0 saturated heterocycles. The first-order valence-corrected chi connectivity index (χ1v) is 7.23. The fourth-order valence-electron chi connectivity index (χ4n) is 2.69. The molecule has 0 fully saturated rings. The molecule has 0 bridgehead atoms. The highest BCUT2D eigenvalue weighted by atomic mass is 16.5. The van der Waals surface area contributed by atoms with E-state index in [-0.39, 0.29) is 12.0 Å². The van der Waals surface area contributed by atoms with Crippen LogP contribution in [0, 0.1) is 0 Å². The average Bonchev–Trinajstić information content (AvgIpc) is 2.86. The summed E-state index contributed by atoms with van der Waals surface area (Å²) in [5.41, 5.74) is 10.3. The summed E-state index contributed by atoms with van der Waals surface area (Å²) >= 11 is 0. The Labute approximate surface area is 115 Å². The summed E-state index contributed by atoms with van der Waals surface area (Å²) < 4.78 is 4.91. The van der Waals surface area contributed by atoms with Crippen LogP contribution >= 0.6 is 0 Å². The van der Waals surface area contributed by atoms with Crippen molar-refractivity contribution >= 4 is 5.97 Å². The molecular formula is C16H23NO2. The summed E-state index contributed by atoms with van der Waals surface area (Å²) in [6.07, 6.45) is 5.73. The van der Waals surface area contributed by atoms with Gasteiger partial charge in [-0.2, -0.15) is 0 Å². The van der Waals surface area contributed by atoms with Gasteiger partial charge in [-0.1, -0.05) is 18.2 Å². The van der Waals surface area contributed by atoms with E-state index in [0.717, 1.165) is 12.8 Å². The molecule has 3 nitrogen and oxygen atoms in total. The Morgan fingerprint density at radius 1 is 1.37 bits per heavy atom. The van der Waals surface area contributed by atoms with E-state index in [1.165, 1.54) is 36.0 Å². The standard InChI is InChI=1S/C16H23NO2/c1-2-19-16(18)8-4-7-15(17)14-10-9-12-5-3-6-13(12)11-14/h9-11,15H,2-8,17H2,1H3. The number of esters is 1. The van der Waals surface area contributed by atoms with Gasteiger partial charge >= 0.3 is 5.97 Å². The van der Waals surface area contributed by atoms with Gasteiger partial charge in [-0.25, -0.2) is 0 Å². The molecule has 0 amide bonds.